The quantitative estimate of drug-likeness (QED) is 0.592. The van der Waals surface area contributed by atoms with Crippen LogP contribution in [0.5, 0.6) is 0 Å². The molecule has 0 aromatic heterocycles. The monoisotopic (exact) mass is 341 g/mol. The number of rotatable bonds is 7. The number of amides is 1. The highest BCUT2D eigenvalue weighted by Gasteiger charge is 2.17. The molecule has 6 nitrogen and oxygen atoms in total. The molecule has 0 unspecified atom stereocenters. The summed E-state index contributed by atoms with van der Waals surface area (Å²) in [6, 6.07) is 14.5. The lowest BCUT2D eigenvalue weighted by atomic mass is 9.96. The molecule has 1 amide bonds. The number of non-ortho nitro benzene ring substituents is 1. The number of hydrogen-bond acceptors (Lipinski definition) is 4. The summed E-state index contributed by atoms with van der Waals surface area (Å²) in [7, 11) is 0. The van der Waals surface area contributed by atoms with E-state index < -0.39 is 4.92 Å². The third-order valence-electron chi connectivity index (χ3n) is 4.00. The highest BCUT2D eigenvalue weighted by atomic mass is 16.6. The molecule has 0 aliphatic heterocycles. The smallest absolute Gasteiger partial charge is 0.269 e. The number of carbonyl (C=O) groups excluding carboxylic acids is 1. The van der Waals surface area contributed by atoms with Gasteiger partial charge in [-0.05, 0) is 30.0 Å². The predicted octanol–water partition coefficient (Wildman–Crippen LogP) is 3.83. The van der Waals surface area contributed by atoms with Gasteiger partial charge in [0.25, 0.3) is 5.69 Å². The summed E-state index contributed by atoms with van der Waals surface area (Å²) < 4.78 is 0. The molecule has 2 rings (SSSR count). The van der Waals surface area contributed by atoms with E-state index in [9.17, 15) is 14.9 Å². The number of hydrogen-bond donors (Lipinski definition) is 2. The average Bonchev–Trinajstić information content (AvgIpc) is 2.57. The lowest BCUT2D eigenvalue weighted by molar-refractivity contribution is -0.384. The largest absolute Gasteiger partial charge is 0.325 e. The maximum Gasteiger partial charge on any atom is 0.269 e. The van der Waals surface area contributed by atoms with Gasteiger partial charge in [-0.2, -0.15) is 0 Å². The van der Waals surface area contributed by atoms with Crippen LogP contribution in [0, 0.1) is 23.0 Å². The minimum Gasteiger partial charge on any atom is -0.325 e. The van der Waals surface area contributed by atoms with Gasteiger partial charge < -0.3 is 10.6 Å². The van der Waals surface area contributed by atoms with Gasteiger partial charge in [-0.15, -0.1) is 0 Å². The number of benzene rings is 2. The summed E-state index contributed by atoms with van der Waals surface area (Å²) in [5.41, 5.74) is 2.39. The van der Waals surface area contributed by atoms with Crippen LogP contribution in [0.25, 0.3) is 0 Å². The molecule has 0 aliphatic rings. The first-order valence-electron chi connectivity index (χ1n) is 8.21. The van der Waals surface area contributed by atoms with E-state index in [1.807, 2.05) is 30.3 Å². The van der Waals surface area contributed by atoms with Crippen molar-refractivity contribution in [1.82, 2.24) is 5.32 Å². The lowest BCUT2D eigenvalue weighted by Gasteiger charge is -2.23. The highest BCUT2D eigenvalue weighted by Crippen LogP contribution is 2.22. The molecule has 1 atom stereocenters. The molecule has 132 valence electrons. The van der Waals surface area contributed by atoms with Gasteiger partial charge in [0.1, 0.15) is 0 Å². The Bertz CT molecular complexity index is 745. The average molecular weight is 341 g/mol. The van der Waals surface area contributed by atoms with E-state index in [0.717, 1.165) is 5.56 Å². The Morgan fingerprint density at radius 2 is 1.84 bits per heavy atom. The van der Waals surface area contributed by atoms with Crippen molar-refractivity contribution in [2.24, 2.45) is 5.92 Å². The summed E-state index contributed by atoms with van der Waals surface area (Å²) in [6.45, 7) is 6.09. The second-order valence-corrected chi connectivity index (χ2v) is 6.32. The molecule has 0 bridgehead atoms. The first kappa shape index (κ1) is 18.6. The molecule has 6 heteroatoms. The van der Waals surface area contributed by atoms with Crippen molar-refractivity contribution in [1.29, 1.82) is 0 Å². The molecule has 25 heavy (non-hydrogen) atoms. The normalized spacial score (nSPS) is 12.0. The zero-order valence-corrected chi connectivity index (χ0v) is 14.7. The van der Waals surface area contributed by atoms with Crippen LogP contribution in [0.4, 0.5) is 11.4 Å². The summed E-state index contributed by atoms with van der Waals surface area (Å²) in [4.78, 5) is 22.6. The fourth-order valence-electron chi connectivity index (χ4n) is 2.70. The SMILES string of the molecule is Cc1cc([N+](=O)[O-])ccc1NC(=O)CN[C@H](c1ccccc1)C(C)C. The lowest BCUT2D eigenvalue weighted by Crippen LogP contribution is -2.33. The van der Waals surface area contributed by atoms with E-state index in [2.05, 4.69) is 24.5 Å². The van der Waals surface area contributed by atoms with Gasteiger partial charge in [-0.3, -0.25) is 14.9 Å². The van der Waals surface area contributed by atoms with Crippen LogP contribution in [0.2, 0.25) is 0 Å². The number of nitrogens with one attached hydrogen (secondary N) is 2. The van der Waals surface area contributed by atoms with E-state index in [1.165, 1.54) is 12.1 Å². The Kier molecular flexibility index (Phi) is 6.25. The standard InChI is InChI=1S/C19H23N3O3/c1-13(2)19(15-7-5-4-6-8-15)20-12-18(23)21-17-10-9-16(22(24)25)11-14(17)3/h4-11,13,19-20H,12H2,1-3H3,(H,21,23)/t19-/m0/s1. The van der Waals surface area contributed by atoms with Gasteiger partial charge in [-0.25, -0.2) is 0 Å². The number of nitro benzene ring substituents is 1. The Morgan fingerprint density at radius 1 is 1.16 bits per heavy atom. The second kappa shape index (κ2) is 8.39. The molecular weight excluding hydrogens is 318 g/mol. The molecule has 2 aromatic rings. The maximum absolute atomic E-state index is 12.2. The van der Waals surface area contributed by atoms with Crippen molar-refractivity contribution >= 4 is 17.3 Å². The molecule has 0 saturated heterocycles. The summed E-state index contributed by atoms with van der Waals surface area (Å²) in [5, 5.41) is 16.9. The van der Waals surface area contributed by atoms with Crippen molar-refractivity contribution < 1.29 is 9.72 Å². The van der Waals surface area contributed by atoms with Gasteiger partial charge in [0.15, 0.2) is 0 Å². The molecule has 0 saturated carbocycles. The van der Waals surface area contributed by atoms with Gasteiger partial charge in [-0.1, -0.05) is 44.2 Å². The molecule has 0 spiro atoms. The number of carbonyl (C=O) groups is 1. The summed E-state index contributed by atoms with van der Waals surface area (Å²) in [6.07, 6.45) is 0. The molecule has 0 radical (unpaired) electrons. The van der Waals surface area contributed by atoms with Crippen molar-refractivity contribution in [3.63, 3.8) is 0 Å². The van der Waals surface area contributed by atoms with E-state index in [-0.39, 0.29) is 24.2 Å². The van der Waals surface area contributed by atoms with Gasteiger partial charge in [0, 0.05) is 23.9 Å². The van der Waals surface area contributed by atoms with Crippen molar-refractivity contribution in [3.05, 3.63) is 69.8 Å². The van der Waals surface area contributed by atoms with E-state index in [1.54, 1.807) is 13.0 Å². The Labute approximate surface area is 147 Å². The van der Waals surface area contributed by atoms with Gasteiger partial charge >= 0.3 is 0 Å². The van der Waals surface area contributed by atoms with E-state index in [0.29, 0.717) is 17.2 Å². The zero-order chi connectivity index (χ0) is 18.4. The van der Waals surface area contributed by atoms with Crippen LogP contribution >= 0.6 is 0 Å². The number of aryl methyl sites for hydroxylation is 1. The van der Waals surface area contributed by atoms with Crippen LogP contribution < -0.4 is 10.6 Å². The molecule has 2 aromatic carbocycles. The topological polar surface area (TPSA) is 84.3 Å². The molecule has 2 N–H and O–H groups in total. The minimum absolute atomic E-state index is 0.0116. The number of anilines is 1. The number of nitrogens with zero attached hydrogens (tertiary/aromatic N) is 1. The van der Waals surface area contributed by atoms with Crippen LogP contribution in [0.1, 0.15) is 31.0 Å². The van der Waals surface area contributed by atoms with Crippen LogP contribution in [0.3, 0.4) is 0 Å². The van der Waals surface area contributed by atoms with Crippen LogP contribution in [-0.2, 0) is 4.79 Å². The Morgan fingerprint density at radius 3 is 2.40 bits per heavy atom. The van der Waals surface area contributed by atoms with Crippen LogP contribution in [0.15, 0.2) is 48.5 Å². The Balaban J connectivity index is 1.99. The van der Waals surface area contributed by atoms with E-state index in [4.69, 9.17) is 0 Å². The molecule has 0 aliphatic carbocycles. The Hall–Kier alpha value is -2.73. The second-order valence-electron chi connectivity index (χ2n) is 6.32. The first-order valence-corrected chi connectivity index (χ1v) is 8.21. The molecule has 0 heterocycles. The fraction of sp³-hybridized carbons (Fsp3) is 0.316. The maximum atomic E-state index is 12.2. The third kappa shape index (κ3) is 5.12. The third-order valence-corrected chi connectivity index (χ3v) is 4.00. The fourth-order valence-corrected chi connectivity index (χ4v) is 2.70. The predicted molar refractivity (Wildman–Crippen MR) is 98.5 cm³/mol. The van der Waals surface area contributed by atoms with E-state index >= 15 is 0 Å². The van der Waals surface area contributed by atoms with Crippen LogP contribution in [-0.4, -0.2) is 17.4 Å². The summed E-state index contributed by atoms with van der Waals surface area (Å²) in [5.74, 6) is 0.148. The van der Waals surface area contributed by atoms with Crippen molar-refractivity contribution in [2.45, 2.75) is 26.8 Å². The van der Waals surface area contributed by atoms with Gasteiger partial charge in [0.2, 0.25) is 5.91 Å². The van der Waals surface area contributed by atoms with Crippen molar-refractivity contribution in [3.8, 4) is 0 Å². The number of nitro groups is 1. The summed E-state index contributed by atoms with van der Waals surface area (Å²) >= 11 is 0. The van der Waals surface area contributed by atoms with Gasteiger partial charge in [0.05, 0.1) is 11.5 Å². The minimum atomic E-state index is -0.451. The highest BCUT2D eigenvalue weighted by molar-refractivity contribution is 5.93. The molecular formula is C19H23N3O3. The molecule has 0 fully saturated rings. The zero-order valence-electron chi connectivity index (χ0n) is 14.7. The van der Waals surface area contributed by atoms with Crippen molar-refractivity contribution in [2.75, 3.05) is 11.9 Å². The first-order chi connectivity index (χ1) is 11.9.